The number of rotatable bonds is 5. The zero-order valence-electron chi connectivity index (χ0n) is 9.04. The van der Waals surface area contributed by atoms with Gasteiger partial charge in [-0.1, -0.05) is 36.9 Å². The number of hydrogen-bond donors (Lipinski definition) is 2. The molecular weight excluding hydrogens is 242 g/mol. The van der Waals surface area contributed by atoms with Crippen molar-refractivity contribution < 1.29 is 17.8 Å². The molecule has 0 aliphatic heterocycles. The molecule has 5 nitrogen and oxygen atoms in total. The number of hydrogen-bond acceptors (Lipinski definition) is 3. The van der Waals surface area contributed by atoms with E-state index in [0.717, 1.165) is 6.08 Å². The molecule has 92 valence electrons. The van der Waals surface area contributed by atoms with Gasteiger partial charge in [-0.3, -0.25) is 9.35 Å². The van der Waals surface area contributed by atoms with E-state index in [1.807, 2.05) is 0 Å². The van der Waals surface area contributed by atoms with E-state index >= 15 is 0 Å². The van der Waals surface area contributed by atoms with Gasteiger partial charge in [-0.25, -0.2) is 0 Å². The molecule has 1 atom stereocenters. The van der Waals surface area contributed by atoms with E-state index in [1.165, 1.54) is 0 Å². The molecule has 0 radical (unpaired) electrons. The Hall–Kier alpha value is -1.66. The summed E-state index contributed by atoms with van der Waals surface area (Å²) in [5.41, 5.74) is 0.694. The third-order valence-electron chi connectivity index (χ3n) is 2.11. The quantitative estimate of drug-likeness (QED) is 0.600. The van der Waals surface area contributed by atoms with Gasteiger partial charge in [0.15, 0.2) is 5.37 Å². The topological polar surface area (TPSA) is 83.5 Å². The highest BCUT2D eigenvalue weighted by atomic mass is 32.2. The first-order valence-electron chi connectivity index (χ1n) is 4.86. The minimum absolute atomic E-state index is 0.000741. The van der Waals surface area contributed by atoms with E-state index in [-0.39, 0.29) is 6.42 Å². The Balaban J connectivity index is 2.86. The van der Waals surface area contributed by atoms with E-state index in [2.05, 4.69) is 11.9 Å². The molecule has 1 aromatic carbocycles. The van der Waals surface area contributed by atoms with Crippen LogP contribution >= 0.6 is 0 Å². The molecule has 0 aliphatic carbocycles. The largest absolute Gasteiger partial charge is 0.334 e. The molecule has 0 heterocycles. The Morgan fingerprint density at radius 3 is 2.47 bits per heavy atom. The predicted molar refractivity (Wildman–Crippen MR) is 63.8 cm³/mol. The highest BCUT2D eigenvalue weighted by Gasteiger charge is 2.24. The van der Waals surface area contributed by atoms with Crippen LogP contribution in [0.25, 0.3) is 0 Å². The summed E-state index contributed by atoms with van der Waals surface area (Å²) >= 11 is 0. The number of carbonyl (C=O) groups excluding carboxylic acids is 1. The molecule has 0 spiro atoms. The van der Waals surface area contributed by atoms with Crippen LogP contribution in [0.2, 0.25) is 0 Å². The molecule has 0 aliphatic rings. The number of benzene rings is 1. The van der Waals surface area contributed by atoms with Crippen molar-refractivity contribution in [2.45, 2.75) is 11.8 Å². The Bertz CT molecular complexity index is 495. The van der Waals surface area contributed by atoms with Crippen LogP contribution in [0.5, 0.6) is 0 Å². The van der Waals surface area contributed by atoms with Crippen LogP contribution in [0.3, 0.4) is 0 Å². The van der Waals surface area contributed by atoms with Crippen LogP contribution < -0.4 is 5.32 Å². The second-order valence-electron chi connectivity index (χ2n) is 3.41. The van der Waals surface area contributed by atoms with Gasteiger partial charge in [0.2, 0.25) is 5.91 Å². The zero-order valence-corrected chi connectivity index (χ0v) is 9.85. The summed E-state index contributed by atoms with van der Waals surface area (Å²) in [6.45, 7) is 3.21. The third kappa shape index (κ3) is 4.38. The predicted octanol–water partition coefficient (Wildman–Crippen LogP) is 0.745. The molecule has 6 heteroatoms. The summed E-state index contributed by atoms with van der Waals surface area (Å²) in [5.74, 6) is -0.649. The van der Waals surface area contributed by atoms with Crippen LogP contribution in [-0.2, 0) is 21.3 Å². The zero-order chi connectivity index (χ0) is 12.9. The maximum Gasteiger partial charge on any atom is 0.286 e. The van der Waals surface area contributed by atoms with Gasteiger partial charge in [-0.2, -0.15) is 8.42 Å². The molecule has 1 aromatic rings. The first kappa shape index (κ1) is 13.4. The lowest BCUT2D eigenvalue weighted by molar-refractivity contribution is -0.116. The summed E-state index contributed by atoms with van der Waals surface area (Å²) < 4.78 is 31.2. The first-order chi connectivity index (χ1) is 7.93. The van der Waals surface area contributed by atoms with Crippen molar-refractivity contribution in [2.24, 2.45) is 0 Å². The molecular formula is C11H13NO4S. The average Bonchev–Trinajstić information content (AvgIpc) is 2.28. The van der Waals surface area contributed by atoms with Gasteiger partial charge in [0, 0.05) is 6.42 Å². The Kier molecular flexibility index (Phi) is 4.42. The molecule has 17 heavy (non-hydrogen) atoms. The Morgan fingerprint density at radius 2 is 2.00 bits per heavy atom. The summed E-state index contributed by atoms with van der Waals surface area (Å²) in [5, 5.41) is 0.795. The Labute approximate surface area is 99.9 Å². The molecule has 0 bridgehead atoms. The van der Waals surface area contributed by atoms with Gasteiger partial charge >= 0.3 is 0 Å². The van der Waals surface area contributed by atoms with Crippen LogP contribution in [0.15, 0.2) is 43.0 Å². The molecule has 0 fully saturated rings. The molecule has 0 aromatic heterocycles. The molecule has 1 rings (SSSR count). The van der Waals surface area contributed by atoms with Crippen molar-refractivity contribution in [3.8, 4) is 0 Å². The van der Waals surface area contributed by atoms with E-state index in [1.54, 1.807) is 30.3 Å². The van der Waals surface area contributed by atoms with Crippen molar-refractivity contribution in [3.05, 3.63) is 48.6 Å². The van der Waals surface area contributed by atoms with Crippen molar-refractivity contribution >= 4 is 16.0 Å². The lowest BCUT2D eigenvalue weighted by atomic mass is 10.1. The summed E-state index contributed by atoms with van der Waals surface area (Å²) in [6, 6.07) is 8.68. The minimum Gasteiger partial charge on any atom is -0.334 e. The molecule has 1 unspecified atom stereocenters. The summed E-state index contributed by atoms with van der Waals surface area (Å²) in [6.07, 6.45) is 0.947. The molecule has 2 N–H and O–H groups in total. The second kappa shape index (κ2) is 5.60. The van der Waals surface area contributed by atoms with Gasteiger partial charge in [0.1, 0.15) is 0 Å². The van der Waals surface area contributed by atoms with E-state index < -0.39 is 21.4 Å². The lowest BCUT2D eigenvalue weighted by Gasteiger charge is -2.14. The fourth-order valence-corrected chi connectivity index (χ4v) is 1.94. The van der Waals surface area contributed by atoms with E-state index in [0.29, 0.717) is 5.56 Å². The summed E-state index contributed by atoms with van der Waals surface area (Å²) in [4.78, 5) is 11.1. The highest BCUT2D eigenvalue weighted by Crippen LogP contribution is 2.07. The smallest absolute Gasteiger partial charge is 0.286 e. The number of amides is 1. The van der Waals surface area contributed by atoms with Crippen LogP contribution in [0, 0.1) is 0 Å². The van der Waals surface area contributed by atoms with Gasteiger partial charge in [-0.15, -0.1) is 0 Å². The maximum atomic E-state index is 11.1. The monoisotopic (exact) mass is 255 g/mol. The Morgan fingerprint density at radius 1 is 1.41 bits per heavy atom. The molecule has 0 saturated carbocycles. The van der Waals surface area contributed by atoms with E-state index in [4.69, 9.17) is 4.55 Å². The van der Waals surface area contributed by atoms with Crippen LogP contribution in [0.4, 0.5) is 0 Å². The van der Waals surface area contributed by atoms with Crippen molar-refractivity contribution in [3.63, 3.8) is 0 Å². The first-order valence-corrected chi connectivity index (χ1v) is 6.37. The highest BCUT2D eigenvalue weighted by molar-refractivity contribution is 7.86. The standard InChI is InChI=1S/C11H13NO4S/c1-2-10(13)12-11(17(14,15)16)8-9-6-4-3-5-7-9/h2-7,11H,1,8H2,(H,12,13)(H,14,15,16). The molecule has 0 saturated heterocycles. The third-order valence-corrected chi connectivity index (χ3v) is 3.12. The lowest BCUT2D eigenvalue weighted by Crippen LogP contribution is -2.41. The fourth-order valence-electron chi connectivity index (χ4n) is 1.28. The second-order valence-corrected chi connectivity index (χ2v) is 5.01. The maximum absolute atomic E-state index is 11.1. The normalized spacial score (nSPS) is 12.8. The number of carbonyl (C=O) groups is 1. The van der Waals surface area contributed by atoms with Crippen molar-refractivity contribution in [2.75, 3.05) is 0 Å². The van der Waals surface area contributed by atoms with Crippen LogP contribution in [-0.4, -0.2) is 24.3 Å². The van der Waals surface area contributed by atoms with Crippen molar-refractivity contribution in [1.82, 2.24) is 5.32 Å². The minimum atomic E-state index is -4.35. The molecule has 1 amide bonds. The van der Waals surface area contributed by atoms with Gasteiger partial charge in [-0.05, 0) is 11.6 Å². The van der Waals surface area contributed by atoms with Gasteiger partial charge in [0.25, 0.3) is 10.1 Å². The number of nitrogens with one attached hydrogen (secondary N) is 1. The van der Waals surface area contributed by atoms with Crippen molar-refractivity contribution in [1.29, 1.82) is 0 Å². The van der Waals surface area contributed by atoms with Gasteiger partial charge < -0.3 is 5.32 Å². The average molecular weight is 255 g/mol. The van der Waals surface area contributed by atoms with E-state index in [9.17, 15) is 13.2 Å². The van der Waals surface area contributed by atoms with Crippen LogP contribution in [0.1, 0.15) is 5.56 Å². The SMILES string of the molecule is C=CC(=O)NC(Cc1ccccc1)S(=O)(=O)O. The summed E-state index contributed by atoms with van der Waals surface area (Å²) in [7, 11) is -4.35. The fraction of sp³-hybridized carbons (Fsp3) is 0.182. The van der Waals surface area contributed by atoms with Gasteiger partial charge in [0.05, 0.1) is 0 Å².